The van der Waals surface area contributed by atoms with Gasteiger partial charge in [0.2, 0.25) is 41.4 Å². The molecule has 35 heteroatoms. The summed E-state index contributed by atoms with van der Waals surface area (Å²) in [6, 6.07) is 13.5. The van der Waals surface area contributed by atoms with Crippen LogP contribution in [0.25, 0.3) is 21.1 Å². The zero-order valence-corrected chi connectivity index (χ0v) is 57.3. The number of aromatic nitrogens is 2. The van der Waals surface area contributed by atoms with Gasteiger partial charge < -0.3 is 96.9 Å². The summed E-state index contributed by atoms with van der Waals surface area (Å²) >= 11 is 7.45. The van der Waals surface area contributed by atoms with Crippen molar-refractivity contribution in [3.05, 3.63) is 113 Å². The Morgan fingerprint density at radius 3 is 2.03 bits per heavy atom. The van der Waals surface area contributed by atoms with Crippen LogP contribution in [-0.2, 0) is 59.7 Å². The first-order chi connectivity index (χ1) is 45.8. The second-order valence-corrected chi connectivity index (χ2v) is 25.8. The molecule has 97 heavy (non-hydrogen) atoms. The number of carbonyl (C=O) groups is 8. The molecule has 9 rings (SSSR count). The number of β-amino-alcohol motifs (C(OH)–C–C–N with tert-alkyl or cyclic N) is 1. The van der Waals surface area contributed by atoms with Crippen molar-refractivity contribution >= 4 is 88.2 Å². The smallest absolute Gasteiger partial charge is 0.691 e. The number of hydrogen-bond acceptors (Lipinski definition) is 25. The summed E-state index contributed by atoms with van der Waals surface area (Å²) in [6.45, 7) is 2.34. The summed E-state index contributed by atoms with van der Waals surface area (Å²) in [5.41, 5.74) is 8.55. The molecule has 0 radical (unpaired) electrons. The van der Waals surface area contributed by atoms with Gasteiger partial charge in [-0.15, -0.1) is 14.5 Å². The van der Waals surface area contributed by atoms with Crippen LogP contribution in [0.2, 0.25) is 5.02 Å². The zero-order valence-electron chi connectivity index (χ0n) is 52.9. The molecule has 5 aromatic rings. The Hall–Kier alpha value is -7.16. The van der Waals surface area contributed by atoms with E-state index in [1.165, 1.54) is 36.5 Å². The van der Waals surface area contributed by atoms with Crippen molar-refractivity contribution in [1.82, 2.24) is 46.6 Å². The molecule has 5 heterocycles. The molecule has 0 bridgehead atoms. The predicted octanol–water partition coefficient (Wildman–Crippen LogP) is -4.63. The van der Waals surface area contributed by atoms with Crippen LogP contribution in [-0.4, -0.2) is 216 Å². The van der Waals surface area contributed by atoms with Crippen molar-refractivity contribution in [2.24, 2.45) is 11.7 Å². The minimum absolute atomic E-state index is 0. The van der Waals surface area contributed by atoms with Gasteiger partial charge in [-0.05, 0) is 91.6 Å². The Labute approximate surface area is 590 Å². The molecule has 31 nitrogen and oxygen atoms in total. The van der Waals surface area contributed by atoms with Gasteiger partial charge in [0.05, 0.1) is 48.6 Å². The maximum Gasteiger partial charge on any atom is 1.00 e. The molecule has 4 saturated heterocycles. The Morgan fingerprint density at radius 2 is 1.41 bits per heavy atom. The van der Waals surface area contributed by atoms with E-state index in [0.717, 1.165) is 71.6 Å². The molecule has 516 valence electrons. The number of phenolic OH excluding ortho intramolecular Hbond substituents is 1. The molecule has 0 spiro atoms. The molecule has 14 N–H and O–H groups in total. The van der Waals surface area contributed by atoms with Gasteiger partial charge in [0, 0.05) is 92.4 Å². The van der Waals surface area contributed by atoms with E-state index < -0.39 is 183 Å². The van der Waals surface area contributed by atoms with Gasteiger partial charge >= 0.3 is 29.6 Å². The molecule has 4 aliphatic rings. The number of halogens is 1. The molecule has 4 fully saturated rings. The summed E-state index contributed by atoms with van der Waals surface area (Å²) < 4.78 is 15.2. The van der Waals surface area contributed by atoms with Crippen molar-refractivity contribution in [1.29, 1.82) is 0 Å². The van der Waals surface area contributed by atoms with Crippen molar-refractivity contribution < 1.29 is 127 Å². The number of rotatable bonds is 18. The van der Waals surface area contributed by atoms with E-state index in [2.05, 4.69) is 51.1 Å². The number of carbonyl (C=O) groups excluding carboxylic acids is 8. The van der Waals surface area contributed by atoms with Gasteiger partial charge in [0.25, 0.3) is 18.2 Å². The number of nitrogens with two attached hydrogens (primary N) is 1. The predicted molar refractivity (Wildman–Crippen MR) is 340 cm³/mol. The van der Waals surface area contributed by atoms with E-state index in [9.17, 15) is 79.4 Å². The van der Waals surface area contributed by atoms with Crippen molar-refractivity contribution in [3.8, 4) is 32.6 Å². The second-order valence-electron chi connectivity index (χ2n) is 24.0. The molecular formula is C62H73ClN11NaO20S2. The van der Waals surface area contributed by atoms with Crippen LogP contribution in [0, 0.1) is 5.92 Å². The van der Waals surface area contributed by atoms with E-state index >= 15 is 0 Å². The Balaban J connectivity index is 0.0000120. The number of aliphatic hydroxyl groups excluding tert-OH is 6. The fourth-order valence-electron chi connectivity index (χ4n) is 12.2. The molecule has 4 aromatic carbocycles. The van der Waals surface area contributed by atoms with E-state index in [4.69, 9.17) is 26.3 Å². The topological polar surface area (TPSA) is 460 Å². The van der Waals surface area contributed by atoms with Crippen LogP contribution in [0.4, 0.5) is 5.69 Å². The van der Waals surface area contributed by atoms with Gasteiger partial charge in [-0.3, -0.25) is 43.4 Å². The number of ether oxygens (including phenoxy) is 1. The summed E-state index contributed by atoms with van der Waals surface area (Å²) in [5, 5.41) is 115. The number of nitrogens with one attached hydrogen (secondary N) is 5. The minimum atomic E-state index is -2.23. The first-order valence-corrected chi connectivity index (χ1v) is 32.3. The fraction of sp³-hybridized carbons (Fsp3) is 0.452. The SMILES string of the molecule is COC1(c2ccc(Cl)cc2)CCN(c2ccc(-c3nnc(-c4ccc(C(=O)NC5CC(O)CNC(=O)C6C(O)C(C)CN6C(=O)C(C(O)CC(N)=O)NC(=O)C(C(O)Cc6ccc(O)c(OSOO[O-])c6)NC(=O)C6CC(O)CN6C(=O)C(C(C)O)NC5=O)cc4)s3)cc2)CC1.[Na+]. The largest absolute Gasteiger partial charge is 1.00 e. The quantitative estimate of drug-likeness (QED) is 0.0129. The monoisotopic (exact) mass is 1410 g/mol. The Kier molecular flexibility index (Phi) is 26.2. The summed E-state index contributed by atoms with van der Waals surface area (Å²) in [6.07, 6.45) is -12.2. The molecule has 0 aliphatic carbocycles. The number of amides is 8. The van der Waals surface area contributed by atoms with E-state index in [1.807, 2.05) is 48.5 Å². The maximum absolute atomic E-state index is 14.7. The molecule has 0 saturated carbocycles. The summed E-state index contributed by atoms with van der Waals surface area (Å²) in [7, 11) is 1.73. The van der Waals surface area contributed by atoms with E-state index in [0.29, 0.717) is 20.6 Å². The van der Waals surface area contributed by atoms with Crippen LogP contribution in [0.1, 0.15) is 67.4 Å². The number of fused-ring (bicyclic) bond motifs is 2. The standard InChI is InChI=1S/C62H74ClN11O20S2.Na/c1-30-28-74-51(52(30)82)57(87)65-27-39(76)24-41(66-53(83)33-5-7-34(8-6-33)58-70-71-59(95-58)35-9-15-38(16-10-35)72-20-18-62(91-3,19-21-72)36-11-13-37(63)14-12-36)54(84)67-48(31(2)75)60(88)73-29-40(77)25-42(73)55(85)68-49(56(86)69-50(61(74)89)45(80)26-47(64)81)44(79)22-32-4-17-43(78)46(23-32)92-96-94-93-90;/h4-17,23,30-31,39-42,44-45,48-52,75-80,82,90H,18-22,24-29H2,1-3H3,(H2,64,81)(H,65,87)(H,66,83)(H,67,84)(H,68,85)(H,69,86);/q;+1/p-1. The second kappa shape index (κ2) is 33.6. The molecular weight excluding hydrogens is 1340 g/mol. The van der Waals surface area contributed by atoms with Crippen LogP contribution in [0.15, 0.2) is 91.0 Å². The number of aliphatic hydroxyl groups is 6. The third kappa shape index (κ3) is 18.2. The average Bonchev–Trinajstić information content (AvgIpc) is 1.76. The van der Waals surface area contributed by atoms with Crippen LogP contribution < -0.4 is 76.2 Å². The number of aromatic hydroxyl groups is 1. The van der Waals surface area contributed by atoms with Crippen LogP contribution in [0.5, 0.6) is 11.5 Å². The fourth-order valence-corrected chi connectivity index (χ4v) is 13.4. The third-order valence-corrected chi connectivity index (χ3v) is 19.1. The Bertz CT molecular complexity index is 3620. The summed E-state index contributed by atoms with van der Waals surface area (Å²) in [4.78, 5) is 118. The normalized spacial score (nSPS) is 25.4. The van der Waals surface area contributed by atoms with E-state index in [-0.39, 0.29) is 58.8 Å². The van der Waals surface area contributed by atoms with Crippen LogP contribution >= 0.6 is 35.3 Å². The van der Waals surface area contributed by atoms with Gasteiger partial charge in [-0.2, -0.15) is 0 Å². The number of nitrogens with zero attached hydrogens (tertiary/aromatic N) is 5. The maximum atomic E-state index is 14.7. The van der Waals surface area contributed by atoms with Crippen molar-refractivity contribution in [3.63, 3.8) is 0 Å². The average molecular weight is 1410 g/mol. The number of primary amides is 1. The number of methoxy groups -OCH3 is 1. The summed E-state index contributed by atoms with van der Waals surface area (Å²) in [5.74, 6) is -11.2. The number of hydrogen-bond donors (Lipinski definition) is 13. The Morgan fingerprint density at radius 1 is 0.794 bits per heavy atom. The van der Waals surface area contributed by atoms with Gasteiger partial charge in [-0.25, -0.2) is 0 Å². The first-order valence-electron chi connectivity index (χ1n) is 30.5. The van der Waals surface area contributed by atoms with Crippen molar-refractivity contribution in [2.75, 3.05) is 44.7 Å². The van der Waals surface area contributed by atoms with Gasteiger partial charge in [-0.1, -0.05) is 60.2 Å². The minimum Gasteiger partial charge on any atom is -0.691 e. The number of anilines is 1. The zero-order chi connectivity index (χ0) is 69.3. The molecule has 13 unspecified atom stereocenters. The first kappa shape index (κ1) is 75.6. The van der Waals surface area contributed by atoms with E-state index in [1.54, 1.807) is 19.2 Å². The van der Waals surface area contributed by atoms with Crippen LogP contribution in [0.3, 0.4) is 0 Å². The van der Waals surface area contributed by atoms with Crippen molar-refractivity contribution in [2.45, 2.75) is 131 Å². The molecule has 1 aromatic heterocycles. The third-order valence-electron chi connectivity index (χ3n) is 17.4. The number of piperidine rings is 1. The molecule has 13 atom stereocenters. The molecule has 8 amide bonds. The van der Waals surface area contributed by atoms with Gasteiger partial charge in [0.1, 0.15) is 46.3 Å². The number of benzene rings is 4. The molecule has 4 aliphatic heterocycles. The number of phenols is 1. The van der Waals surface area contributed by atoms with Gasteiger partial charge in [0.15, 0.2) is 11.5 Å².